The number of fused-ring (bicyclic) bond motifs is 6. The number of aryl methyl sites for hydroxylation is 2. The highest BCUT2D eigenvalue weighted by molar-refractivity contribution is 6.32. The Labute approximate surface area is 303 Å². The number of carboxylic acid groups (broad SMARTS) is 2. The molecule has 2 aliphatic heterocycles. The number of nitrogens with one attached hydrogen (secondary N) is 4. The van der Waals surface area contributed by atoms with Crippen molar-refractivity contribution in [2.45, 2.75) is 64.3 Å². The fraction of sp³-hybridized carbons (Fsp3) is 0.406. The summed E-state index contributed by atoms with van der Waals surface area (Å²) in [5, 5.41) is 27.2. The van der Waals surface area contributed by atoms with Crippen molar-refractivity contribution in [1.29, 1.82) is 0 Å². The number of aromatic nitrogens is 3. The number of carbonyl (C=O) groups excluding carboxylic acids is 2. The number of halogens is 7. The van der Waals surface area contributed by atoms with Crippen LogP contribution >= 0.6 is 11.6 Å². The lowest BCUT2D eigenvalue weighted by atomic mass is 9.93. The van der Waals surface area contributed by atoms with Crippen LogP contribution in [0.15, 0.2) is 42.9 Å². The molecule has 3 aromatic rings. The van der Waals surface area contributed by atoms with Crippen molar-refractivity contribution in [1.82, 2.24) is 25.2 Å². The van der Waals surface area contributed by atoms with Gasteiger partial charge in [0.25, 0.3) is 0 Å². The van der Waals surface area contributed by atoms with Crippen LogP contribution in [-0.4, -0.2) is 85.4 Å². The maximum Gasteiger partial charge on any atom is 0.490 e. The average molecular weight is 777 g/mol. The number of benzene rings is 1. The minimum absolute atomic E-state index is 0.0173. The molecule has 1 fully saturated rings. The molecule has 0 saturated carbocycles. The van der Waals surface area contributed by atoms with Gasteiger partial charge in [-0.1, -0.05) is 11.6 Å². The molecule has 1 saturated heterocycles. The van der Waals surface area contributed by atoms with E-state index in [0.717, 1.165) is 47.5 Å². The highest BCUT2D eigenvalue weighted by Gasteiger charge is 2.39. The summed E-state index contributed by atoms with van der Waals surface area (Å²) in [6, 6.07) is 7.93. The highest BCUT2D eigenvalue weighted by atomic mass is 35.5. The van der Waals surface area contributed by atoms with Gasteiger partial charge in [0.1, 0.15) is 5.02 Å². The van der Waals surface area contributed by atoms with Crippen molar-refractivity contribution in [3.63, 3.8) is 0 Å². The second kappa shape index (κ2) is 18.4. The Hall–Kier alpha value is -5.40. The Morgan fingerprint density at radius 3 is 2.13 bits per heavy atom. The van der Waals surface area contributed by atoms with Crippen molar-refractivity contribution in [2.24, 2.45) is 5.92 Å². The van der Waals surface area contributed by atoms with Crippen molar-refractivity contribution in [3.8, 4) is 0 Å². The van der Waals surface area contributed by atoms with Gasteiger partial charge in [0, 0.05) is 43.1 Å². The van der Waals surface area contributed by atoms with Crippen LogP contribution in [-0.2, 0) is 27.2 Å². The molecule has 0 radical (unpaired) electrons. The maximum atomic E-state index is 13.1. The molecule has 0 spiro atoms. The van der Waals surface area contributed by atoms with E-state index in [1.807, 2.05) is 49.2 Å². The van der Waals surface area contributed by atoms with Gasteiger partial charge < -0.3 is 36.4 Å². The van der Waals surface area contributed by atoms with E-state index in [4.69, 9.17) is 31.4 Å². The molecular weight excluding hydrogens is 742 g/mol. The van der Waals surface area contributed by atoms with E-state index in [-0.39, 0.29) is 23.9 Å². The summed E-state index contributed by atoms with van der Waals surface area (Å²) in [4.78, 5) is 58.1. The second-order valence-corrected chi connectivity index (χ2v) is 12.4. The van der Waals surface area contributed by atoms with E-state index in [2.05, 4.69) is 36.2 Å². The fourth-order valence-corrected chi connectivity index (χ4v) is 5.03. The molecule has 6 N–H and O–H groups in total. The van der Waals surface area contributed by atoms with Gasteiger partial charge >= 0.3 is 30.3 Å². The third kappa shape index (κ3) is 13.9. The Kier molecular flexibility index (Phi) is 14.6. The summed E-state index contributed by atoms with van der Waals surface area (Å²) in [5.41, 5.74) is 4.43. The third-order valence-corrected chi connectivity index (χ3v) is 7.67. The molecule has 4 heterocycles. The van der Waals surface area contributed by atoms with Gasteiger partial charge in [-0.15, -0.1) is 0 Å². The molecule has 2 aromatic heterocycles. The Balaban J connectivity index is 0.000000458. The quantitative estimate of drug-likeness (QED) is 0.157. The number of carboxylic acids is 2. The molecule has 0 unspecified atom stereocenters. The van der Waals surface area contributed by atoms with Crippen LogP contribution in [0.5, 0.6) is 0 Å². The molecule has 5 rings (SSSR count). The van der Waals surface area contributed by atoms with Crippen LogP contribution in [0.1, 0.15) is 44.2 Å². The number of amides is 3. The van der Waals surface area contributed by atoms with Gasteiger partial charge in [-0.25, -0.2) is 19.4 Å². The van der Waals surface area contributed by atoms with Crippen LogP contribution in [0.4, 0.5) is 60.0 Å². The molecule has 53 heavy (non-hydrogen) atoms. The molecule has 0 atom stereocenters. The predicted octanol–water partition coefficient (Wildman–Crippen LogP) is 6.54. The van der Waals surface area contributed by atoms with Crippen LogP contribution in [0.3, 0.4) is 0 Å². The van der Waals surface area contributed by atoms with Gasteiger partial charge in [-0.05, 0) is 80.8 Å². The standard InChI is InChI=1S/C28H33ClN8O2.2C2HF3O2/c1-17(2)32-28(39)37-9-7-18(8-10-37)12-25(38)35-24-6-5-21-13-20(24)4-3-19-11-22(15-30-14-19)34-27-31-16-23(29)26(33-21)36-27;2*3-2(4,5)1(6)7/h5-6,11,13-18H,3-4,7-10,12H2,1-2H3,(H,32,39)(H,35,38)(H2,31,33,34,36);2*(H,6,7). The number of aliphatic carboxylic acids is 2. The van der Waals surface area contributed by atoms with E-state index in [1.165, 1.54) is 0 Å². The summed E-state index contributed by atoms with van der Waals surface area (Å²) in [7, 11) is 0. The number of hydrogen-bond donors (Lipinski definition) is 6. The summed E-state index contributed by atoms with van der Waals surface area (Å²) in [6.07, 6.45) is -1.56. The lowest BCUT2D eigenvalue weighted by Gasteiger charge is -2.32. The van der Waals surface area contributed by atoms with Gasteiger partial charge in [-0.2, -0.15) is 31.3 Å². The SMILES string of the molecule is CC(C)NC(=O)N1CCC(CC(=O)Nc2ccc3cc2CCc2cncc(c2)Nc2ncc(Cl)c(n2)N3)CC1.O=C(O)C(F)(F)F.O=C(O)C(F)(F)F. The first-order chi connectivity index (χ1) is 24.7. The molecule has 6 bridgehead atoms. The number of anilines is 5. The molecule has 21 heteroatoms. The topological polar surface area (TPSA) is 199 Å². The number of hydrogen-bond acceptors (Lipinski definition) is 9. The molecule has 0 aliphatic carbocycles. The first-order valence-electron chi connectivity index (χ1n) is 15.8. The Morgan fingerprint density at radius 2 is 1.55 bits per heavy atom. The first kappa shape index (κ1) is 42.0. The molecule has 14 nitrogen and oxygen atoms in total. The summed E-state index contributed by atoms with van der Waals surface area (Å²) < 4.78 is 63.5. The van der Waals surface area contributed by atoms with Crippen LogP contribution in [0.2, 0.25) is 5.02 Å². The van der Waals surface area contributed by atoms with Crippen LogP contribution in [0, 0.1) is 5.92 Å². The van der Waals surface area contributed by atoms with E-state index < -0.39 is 24.3 Å². The maximum absolute atomic E-state index is 13.1. The summed E-state index contributed by atoms with van der Waals surface area (Å²) >= 11 is 6.36. The second-order valence-electron chi connectivity index (χ2n) is 12.0. The zero-order valence-corrected chi connectivity index (χ0v) is 28.9. The van der Waals surface area contributed by atoms with E-state index in [9.17, 15) is 35.9 Å². The number of nitrogens with zero attached hydrogens (tertiary/aromatic N) is 4. The minimum atomic E-state index is -5.08. The van der Waals surface area contributed by atoms with E-state index >= 15 is 0 Å². The van der Waals surface area contributed by atoms with Crippen molar-refractivity contribution >= 4 is 64.3 Å². The monoisotopic (exact) mass is 776 g/mol. The molecule has 3 amide bonds. The number of alkyl halides is 6. The Morgan fingerprint density at radius 1 is 0.925 bits per heavy atom. The first-order valence-corrected chi connectivity index (χ1v) is 16.2. The van der Waals surface area contributed by atoms with E-state index in [0.29, 0.717) is 42.7 Å². The summed E-state index contributed by atoms with van der Waals surface area (Å²) in [5.74, 6) is -4.39. The number of rotatable bonds is 4. The van der Waals surface area contributed by atoms with Gasteiger partial charge in [0.15, 0.2) is 5.82 Å². The lowest BCUT2D eigenvalue weighted by molar-refractivity contribution is -0.193. The number of pyridine rings is 1. The van der Waals surface area contributed by atoms with Crippen molar-refractivity contribution in [3.05, 3.63) is 59.0 Å². The molecular formula is C32H35ClF6N8O6. The average Bonchev–Trinajstić information content (AvgIpc) is 3.06. The Bertz CT molecular complexity index is 1750. The summed E-state index contributed by atoms with van der Waals surface area (Å²) in [6.45, 7) is 5.23. The number of carbonyl (C=O) groups is 4. The van der Waals surface area contributed by atoms with Crippen molar-refractivity contribution < 1.29 is 55.7 Å². The smallest absolute Gasteiger partial charge is 0.475 e. The lowest BCUT2D eigenvalue weighted by Crippen LogP contribution is -2.46. The zero-order valence-electron chi connectivity index (χ0n) is 28.1. The third-order valence-electron chi connectivity index (χ3n) is 7.39. The predicted molar refractivity (Wildman–Crippen MR) is 180 cm³/mol. The molecule has 1 aromatic carbocycles. The fourth-order valence-electron chi connectivity index (χ4n) is 4.89. The normalized spacial score (nSPS) is 14.2. The molecule has 288 valence electrons. The van der Waals surface area contributed by atoms with E-state index in [1.54, 1.807) is 12.4 Å². The van der Waals surface area contributed by atoms with Crippen LogP contribution in [0.25, 0.3) is 0 Å². The van der Waals surface area contributed by atoms with Gasteiger partial charge in [-0.3, -0.25) is 9.78 Å². The van der Waals surface area contributed by atoms with Crippen molar-refractivity contribution in [2.75, 3.05) is 29.0 Å². The number of piperidine rings is 1. The number of likely N-dealkylation sites (tertiary alicyclic amines) is 1. The highest BCUT2D eigenvalue weighted by Crippen LogP contribution is 2.30. The number of urea groups is 1. The largest absolute Gasteiger partial charge is 0.490 e. The minimum Gasteiger partial charge on any atom is -0.475 e. The van der Waals surface area contributed by atoms with Gasteiger partial charge in [0.05, 0.1) is 18.1 Å². The van der Waals surface area contributed by atoms with Crippen LogP contribution < -0.4 is 21.3 Å². The van der Waals surface area contributed by atoms with Gasteiger partial charge in [0.2, 0.25) is 11.9 Å². The molecule has 2 aliphatic rings. The zero-order chi connectivity index (χ0) is 39.5.